The summed E-state index contributed by atoms with van der Waals surface area (Å²) in [6, 6.07) is 5.79. The van der Waals surface area contributed by atoms with E-state index in [0.29, 0.717) is 18.0 Å². The van der Waals surface area contributed by atoms with Crippen molar-refractivity contribution in [3.05, 3.63) is 40.2 Å². The molecule has 3 rings (SSSR count). The van der Waals surface area contributed by atoms with E-state index in [9.17, 15) is 4.79 Å². The summed E-state index contributed by atoms with van der Waals surface area (Å²) in [5, 5.41) is 7.19. The third-order valence-corrected chi connectivity index (χ3v) is 5.13. The van der Waals surface area contributed by atoms with Crippen LogP contribution in [-0.2, 0) is 0 Å². The molecule has 2 heterocycles. The number of nitrogens with one attached hydrogen (secondary N) is 1. The van der Waals surface area contributed by atoms with E-state index in [2.05, 4.69) is 15.7 Å². The maximum atomic E-state index is 12.6. The Morgan fingerprint density at radius 1 is 1.45 bits per heavy atom. The van der Waals surface area contributed by atoms with Gasteiger partial charge in [-0.1, -0.05) is 0 Å². The number of hydrogen-bond acceptors (Lipinski definition) is 4. The van der Waals surface area contributed by atoms with Crippen LogP contribution >= 0.6 is 11.3 Å². The van der Waals surface area contributed by atoms with Crippen molar-refractivity contribution in [2.75, 3.05) is 6.54 Å². The topological polar surface area (TPSA) is 68.0 Å². The Kier molecular flexibility index (Phi) is 4.02. The summed E-state index contributed by atoms with van der Waals surface area (Å²) in [6.45, 7) is 4.37. The summed E-state index contributed by atoms with van der Waals surface area (Å²) in [5.41, 5.74) is 8.92. The molecule has 5 heteroatoms. The Hall–Kier alpha value is -1.72. The molecule has 1 aliphatic rings. The Labute approximate surface area is 134 Å². The molecule has 116 valence electrons. The Bertz CT molecular complexity index is 679. The number of pyridine rings is 1. The number of nitrogens with zero attached hydrogens (tertiary/aromatic N) is 1. The van der Waals surface area contributed by atoms with Crippen molar-refractivity contribution < 1.29 is 4.79 Å². The van der Waals surface area contributed by atoms with E-state index in [-0.39, 0.29) is 11.4 Å². The normalized spacial score (nSPS) is 17.0. The number of thiophene rings is 1. The van der Waals surface area contributed by atoms with Crippen LogP contribution < -0.4 is 11.1 Å². The minimum atomic E-state index is -0.310. The summed E-state index contributed by atoms with van der Waals surface area (Å²) in [4.78, 5) is 17.1. The van der Waals surface area contributed by atoms with Crippen molar-refractivity contribution in [2.45, 2.75) is 32.2 Å². The van der Waals surface area contributed by atoms with Crippen molar-refractivity contribution in [1.82, 2.24) is 10.3 Å². The van der Waals surface area contributed by atoms with Gasteiger partial charge in [0, 0.05) is 17.5 Å². The number of amides is 1. The van der Waals surface area contributed by atoms with Crippen molar-refractivity contribution in [3.8, 4) is 11.3 Å². The molecule has 0 spiro atoms. The number of rotatable bonds is 5. The zero-order valence-corrected chi connectivity index (χ0v) is 13.7. The van der Waals surface area contributed by atoms with E-state index >= 15 is 0 Å². The van der Waals surface area contributed by atoms with E-state index in [4.69, 9.17) is 5.73 Å². The molecule has 1 amide bonds. The van der Waals surface area contributed by atoms with E-state index < -0.39 is 0 Å². The predicted molar refractivity (Wildman–Crippen MR) is 89.9 cm³/mol. The van der Waals surface area contributed by atoms with Crippen LogP contribution in [0.5, 0.6) is 0 Å². The summed E-state index contributed by atoms with van der Waals surface area (Å²) in [5.74, 6) is 0.418. The maximum absolute atomic E-state index is 12.6. The van der Waals surface area contributed by atoms with Crippen LogP contribution in [0.4, 0.5) is 0 Å². The molecule has 1 saturated carbocycles. The van der Waals surface area contributed by atoms with Crippen LogP contribution in [-0.4, -0.2) is 23.0 Å². The van der Waals surface area contributed by atoms with Gasteiger partial charge in [0.2, 0.25) is 0 Å². The molecule has 3 N–H and O–H groups in total. The van der Waals surface area contributed by atoms with Crippen molar-refractivity contribution >= 4 is 17.2 Å². The Morgan fingerprint density at radius 2 is 2.23 bits per heavy atom. The molecule has 0 saturated heterocycles. The second kappa shape index (κ2) is 5.82. The standard InChI is InChI=1S/C17H21N3OS/c1-11-14(5-6-15(19-11)12-7-8-22-9-12)16(21)20-17(2,10-18)13-3-4-13/h5-9,13H,3-4,10,18H2,1-2H3,(H,20,21). The van der Waals surface area contributed by atoms with Gasteiger partial charge in [0.1, 0.15) is 0 Å². The highest BCUT2D eigenvalue weighted by atomic mass is 32.1. The zero-order valence-electron chi connectivity index (χ0n) is 12.9. The molecule has 0 aliphatic heterocycles. The van der Waals surface area contributed by atoms with Gasteiger partial charge in [-0.05, 0) is 56.2 Å². The highest BCUT2D eigenvalue weighted by Gasteiger charge is 2.41. The van der Waals surface area contributed by atoms with Crippen LogP contribution in [0.25, 0.3) is 11.3 Å². The lowest BCUT2D eigenvalue weighted by molar-refractivity contribution is 0.0897. The Morgan fingerprint density at radius 3 is 2.77 bits per heavy atom. The molecular weight excluding hydrogens is 294 g/mol. The number of aryl methyl sites for hydroxylation is 1. The van der Waals surface area contributed by atoms with Gasteiger partial charge in [0.05, 0.1) is 22.5 Å². The first kappa shape index (κ1) is 15.2. The summed E-state index contributed by atoms with van der Waals surface area (Å²) >= 11 is 1.64. The Balaban J connectivity index is 1.81. The molecule has 1 aliphatic carbocycles. The number of carbonyl (C=O) groups excluding carboxylic acids is 1. The lowest BCUT2D eigenvalue weighted by atomic mass is 9.95. The van der Waals surface area contributed by atoms with Crippen LogP contribution in [0, 0.1) is 12.8 Å². The fourth-order valence-electron chi connectivity index (χ4n) is 2.74. The van der Waals surface area contributed by atoms with Gasteiger partial charge in [0.15, 0.2) is 0 Å². The van der Waals surface area contributed by atoms with E-state index in [1.165, 1.54) is 0 Å². The monoisotopic (exact) mass is 315 g/mol. The van der Waals surface area contributed by atoms with Crippen LogP contribution in [0.3, 0.4) is 0 Å². The fourth-order valence-corrected chi connectivity index (χ4v) is 3.39. The van der Waals surface area contributed by atoms with Gasteiger partial charge in [-0.25, -0.2) is 0 Å². The third-order valence-electron chi connectivity index (χ3n) is 4.45. The molecule has 2 aromatic heterocycles. The quantitative estimate of drug-likeness (QED) is 0.891. The molecular formula is C17H21N3OS. The molecule has 1 atom stereocenters. The first-order chi connectivity index (χ1) is 10.5. The molecule has 0 aromatic carbocycles. The average Bonchev–Trinajstić information content (AvgIpc) is 3.23. The largest absolute Gasteiger partial charge is 0.345 e. The van der Waals surface area contributed by atoms with Crippen LogP contribution in [0.1, 0.15) is 35.8 Å². The average molecular weight is 315 g/mol. The summed E-state index contributed by atoms with van der Waals surface area (Å²) in [7, 11) is 0. The number of aromatic nitrogens is 1. The van der Waals surface area contributed by atoms with Gasteiger partial charge >= 0.3 is 0 Å². The van der Waals surface area contributed by atoms with E-state index in [0.717, 1.165) is 29.8 Å². The number of carbonyl (C=O) groups is 1. The zero-order chi connectivity index (χ0) is 15.7. The second-order valence-electron chi connectivity index (χ2n) is 6.19. The van der Waals surface area contributed by atoms with Crippen molar-refractivity contribution in [3.63, 3.8) is 0 Å². The smallest absolute Gasteiger partial charge is 0.253 e. The van der Waals surface area contributed by atoms with Crippen LogP contribution in [0.2, 0.25) is 0 Å². The van der Waals surface area contributed by atoms with E-state index in [1.807, 2.05) is 37.4 Å². The lowest BCUT2D eigenvalue weighted by Crippen LogP contribution is -2.53. The van der Waals surface area contributed by atoms with Gasteiger partial charge in [-0.3, -0.25) is 9.78 Å². The molecule has 22 heavy (non-hydrogen) atoms. The molecule has 1 unspecified atom stereocenters. The lowest BCUT2D eigenvalue weighted by Gasteiger charge is -2.29. The van der Waals surface area contributed by atoms with Gasteiger partial charge in [-0.15, -0.1) is 0 Å². The third kappa shape index (κ3) is 2.91. The summed E-state index contributed by atoms with van der Waals surface area (Å²) in [6.07, 6.45) is 2.28. The predicted octanol–water partition coefficient (Wildman–Crippen LogP) is 2.98. The molecule has 4 nitrogen and oxygen atoms in total. The minimum absolute atomic E-state index is 0.0817. The highest BCUT2D eigenvalue weighted by molar-refractivity contribution is 7.08. The number of hydrogen-bond donors (Lipinski definition) is 2. The second-order valence-corrected chi connectivity index (χ2v) is 6.97. The maximum Gasteiger partial charge on any atom is 0.253 e. The fraction of sp³-hybridized carbons (Fsp3) is 0.412. The molecule has 1 fully saturated rings. The van der Waals surface area contributed by atoms with Gasteiger partial charge in [0.25, 0.3) is 5.91 Å². The molecule has 0 bridgehead atoms. The van der Waals surface area contributed by atoms with Crippen molar-refractivity contribution in [1.29, 1.82) is 0 Å². The van der Waals surface area contributed by atoms with Gasteiger partial charge < -0.3 is 11.1 Å². The highest BCUT2D eigenvalue weighted by Crippen LogP contribution is 2.39. The van der Waals surface area contributed by atoms with Gasteiger partial charge in [-0.2, -0.15) is 11.3 Å². The summed E-state index contributed by atoms with van der Waals surface area (Å²) < 4.78 is 0. The molecule has 0 radical (unpaired) electrons. The molecule has 2 aromatic rings. The minimum Gasteiger partial charge on any atom is -0.345 e. The van der Waals surface area contributed by atoms with E-state index in [1.54, 1.807) is 11.3 Å². The first-order valence-corrected chi connectivity index (χ1v) is 8.50. The number of nitrogens with two attached hydrogens (primary N) is 1. The SMILES string of the molecule is Cc1nc(-c2ccsc2)ccc1C(=O)NC(C)(CN)C1CC1. The van der Waals surface area contributed by atoms with Crippen LogP contribution in [0.15, 0.2) is 29.0 Å². The van der Waals surface area contributed by atoms with Crippen molar-refractivity contribution in [2.24, 2.45) is 11.7 Å². The first-order valence-electron chi connectivity index (χ1n) is 7.56.